The highest BCUT2D eigenvalue weighted by Crippen LogP contribution is 2.40. The highest BCUT2D eigenvalue weighted by Gasteiger charge is 2.51. The number of carbonyl (C=O) groups excluding carboxylic acids is 2. The van der Waals surface area contributed by atoms with Crippen LogP contribution in [0, 0.1) is 6.92 Å². The number of halogens is 3. The summed E-state index contributed by atoms with van der Waals surface area (Å²) in [5, 5.41) is 18.9. The molecule has 0 bridgehead atoms. The number of alkyl halides is 3. The zero-order valence-corrected chi connectivity index (χ0v) is 24.5. The smallest absolute Gasteiger partial charge is 0.427 e. The van der Waals surface area contributed by atoms with Gasteiger partial charge in [0.2, 0.25) is 5.60 Å². The monoisotopic (exact) mass is 605 g/mol. The zero-order valence-electron chi connectivity index (χ0n) is 23.7. The molecule has 2 heterocycles. The van der Waals surface area contributed by atoms with E-state index in [1.54, 1.807) is 0 Å². The first-order chi connectivity index (χ1) is 18.6. The molecule has 0 fully saturated rings. The van der Waals surface area contributed by atoms with Crippen LogP contribution in [-0.2, 0) is 19.6 Å². The number of nitrogens with one attached hydrogen (secondary N) is 2. The first-order valence-electron chi connectivity index (χ1n) is 12.6. The first-order valence-corrected chi connectivity index (χ1v) is 14.0. The summed E-state index contributed by atoms with van der Waals surface area (Å²) in [5.74, 6) is -0.638. The maximum Gasteiger partial charge on any atom is 0.427 e. The standard InChI is InChI=1S/C25H34F3N5O7S/c1-14(2)32-13-20(15(3)31-32)41(37,38)33-12-17(11-29-21(34)23(4,5)36)39-19-9-8-16(10-18(19)33)30-22(35)40-24(6,7)25(26,27)28/h8-10,13-14,17,36H,11-12H2,1-7H3,(H,29,34)(H,30,35)/t17-/m0/s1. The Morgan fingerprint density at radius 3 is 2.39 bits per heavy atom. The minimum atomic E-state index is -4.83. The second-order valence-electron chi connectivity index (χ2n) is 10.9. The third-order valence-corrected chi connectivity index (χ3v) is 8.07. The fourth-order valence-electron chi connectivity index (χ4n) is 3.68. The molecule has 0 saturated heterocycles. The molecule has 1 aromatic heterocycles. The SMILES string of the molecule is Cc1nn(C(C)C)cc1S(=O)(=O)N1C[C@H](CNC(=O)C(C)(C)O)Oc2ccc(NC(=O)OC(C)(C)C(F)(F)F)cc21. The minimum Gasteiger partial charge on any atom is -0.484 e. The lowest BCUT2D eigenvalue weighted by atomic mass is 10.1. The Hall–Kier alpha value is -3.53. The van der Waals surface area contributed by atoms with Crippen LogP contribution in [0.5, 0.6) is 5.75 Å². The lowest BCUT2D eigenvalue weighted by Gasteiger charge is -2.36. The Kier molecular flexibility index (Phi) is 8.61. The number of hydrogen-bond donors (Lipinski definition) is 3. The lowest BCUT2D eigenvalue weighted by molar-refractivity contribution is -0.242. The minimum absolute atomic E-state index is 0.0142. The Bertz CT molecular complexity index is 1420. The highest BCUT2D eigenvalue weighted by molar-refractivity contribution is 7.92. The molecule has 3 N–H and O–H groups in total. The van der Waals surface area contributed by atoms with E-state index in [2.05, 4.69) is 20.5 Å². The predicted molar refractivity (Wildman–Crippen MR) is 142 cm³/mol. The van der Waals surface area contributed by atoms with E-state index in [9.17, 15) is 36.3 Å². The summed E-state index contributed by atoms with van der Waals surface area (Å²) in [5.41, 5.74) is -4.31. The molecule has 0 radical (unpaired) electrons. The van der Waals surface area contributed by atoms with Crippen molar-refractivity contribution in [2.24, 2.45) is 0 Å². The number of fused-ring (bicyclic) bond motifs is 1. The molecule has 1 aliphatic rings. The molecule has 41 heavy (non-hydrogen) atoms. The maximum absolute atomic E-state index is 13.9. The fourth-order valence-corrected chi connectivity index (χ4v) is 5.34. The Labute approximate surface area is 235 Å². The Morgan fingerprint density at radius 1 is 1.22 bits per heavy atom. The highest BCUT2D eigenvalue weighted by atomic mass is 32.2. The maximum atomic E-state index is 13.9. The van der Waals surface area contributed by atoms with Gasteiger partial charge in [-0.2, -0.15) is 18.3 Å². The number of amides is 2. The van der Waals surface area contributed by atoms with E-state index >= 15 is 0 Å². The number of rotatable bonds is 8. The van der Waals surface area contributed by atoms with Crippen molar-refractivity contribution in [3.63, 3.8) is 0 Å². The number of ether oxygens (including phenoxy) is 2. The summed E-state index contributed by atoms with van der Waals surface area (Å²) in [6.07, 6.45) is -5.73. The summed E-state index contributed by atoms with van der Waals surface area (Å²) in [4.78, 5) is 24.4. The second-order valence-corrected chi connectivity index (χ2v) is 12.7. The molecule has 12 nitrogen and oxygen atoms in total. The second kappa shape index (κ2) is 11.0. The molecule has 1 aliphatic heterocycles. The van der Waals surface area contributed by atoms with Gasteiger partial charge in [0.1, 0.15) is 22.4 Å². The number of aromatic nitrogens is 2. The van der Waals surface area contributed by atoms with Crippen LogP contribution in [0.3, 0.4) is 0 Å². The molecule has 1 atom stereocenters. The summed E-state index contributed by atoms with van der Waals surface area (Å²) in [6.45, 7) is 8.71. The fraction of sp³-hybridized carbons (Fsp3) is 0.560. The van der Waals surface area contributed by atoms with Gasteiger partial charge in [-0.15, -0.1) is 0 Å². The van der Waals surface area contributed by atoms with Crippen LogP contribution in [0.25, 0.3) is 0 Å². The van der Waals surface area contributed by atoms with Crippen molar-refractivity contribution < 1.29 is 45.8 Å². The van der Waals surface area contributed by atoms with E-state index in [4.69, 9.17) is 4.74 Å². The largest absolute Gasteiger partial charge is 0.484 e. The third-order valence-electron chi connectivity index (χ3n) is 6.18. The van der Waals surface area contributed by atoms with Crippen molar-refractivity contribution in [3.8, 4) is 5.75 Å². The van der Waals surface area contributed by atoms with Crippen molar-refractivity contribution in [1.82, 2.24) is 15.1 Å². The molecule has 2 aromatic rings. The van der Waals surface area contributed by atoms with Crippen molar-refractivity contribution in [1.29, 1.82) is 0 Å². The van der Waals surface area contributed by atoms with Gasteiger partial charge < -0.3 is 19.9 Å². The van der Waals surface area contributed by atoms with Gasteiger partial charge in [0.15, 0.2) is 0 Å². The summed E-state index contributed by atoms with van der Waals surface area (Å²) >= 11 is 0. The van der Waals surface area contributed by atoms with Crippen molar-refractivity contribution in [2.75, 3.05) is 22.7 Å². The number of hydrogen-bond acceptors (Lipinski definition) is 8. The Morgan fingerprint density at radius 2 is 1.85 bits per heavy atom. The van der Waals surface area contributed by atoms with Gasteiger partial charge in [0.05, 0.1) is 24.5 Å². The normalized spacial score (nSPS) is 16.2. The van der Waals surface area contributed by atoms with Gasteiger partial charge in [-0.3, -0.25) is 19.1 Å². The lowest BCUT2D eigenvalue weighted by Crippen LogP contribution is -2.51. The van der Waals surface area contributed by atoms with Gasteiger partial charge >= 0.3 is 12.3 Å². The van der Waals surface area contributed by atoms with Crippen LogP contribution in [0.15, 0.2) is 29.3 Å². The number of carbonyl (C=O) groups is 2. The van der Waals surface area contributed by atoms with Crippen LogP contribution in [0.4, 0.5) is 29.3 Å². The molecule has 2 amide bonds. The van der Waals surface area contributed by atoms with Crippen molar-refractivity contribution in [2.45, 2.75) is 82.9 Å². The molecule has 1 aromatic carbocycles. The number of anilines is 2. The molecule has 0 spiro atoms. The summed E-state index contributed by atoms with van der Waals surface area (Å²) < 4.78 is 80.3. The number of nitrogens with zero attached hydrogens (tertiary/aromatic N) is 3. The molecule has 0 unspecified atom stereocenters. The van der Waals surface area contributed by atoms with Gasteiger partial charge in [-0.1, -0.05) is 0 Å². The predicted octanol–water partition coefficient (Wildman–Crippen LogP) is 3.51. The average molecular weight is 606 g/mol. The summed E-state index contributed by atoms with van der Waals surface area (Å²) in [6, 6.07) is 3.71. The average Bonchev–Trinajstić information content (AvgIpc) is 3.23. The van der Waals surface area contributed by atoms with Gasteiger partial charge in [-0.05, 0) is 66.7 Å². The van der Waals surface area contributed by atoms with Crippen LogP contribution in [0.2, 0.25) is 0 Å². The van der Waals surface area contributed by atoms with Crippen LogP contribution in [-0.4, -0.2) is 71.9 Å². The van der Waals surface area contributed by atoms with E-state index in [1.165, 1.54) is 49.8 Å². The number of sulfonamides is 1. The molecule has 228 valence electrons. The third kappa shape index (κ3) is 7.04. The van der Waals surface area contributed by atoms with Crippen molar-refractivity contribution in [3.05, 3.63) is 30.1 Å². The van der Waals surface area contributed by atoms with Crippen LogP contribution >= 0.6 is 0 Å². The molecule has 16 heteroatoms. The first kappa shape index (κ1) is 32.0. The molecule has 0 saturated carbocycles. The van der Waals surface area contributed by atoms with Gasteiger partial charge in [0, 0.05) is 17.9 Å². The van der Waals surface area contributed by atoms with Gasteiger partial charge in [0.25, 0.3) is 15.9 Å². The molecule has 0 aliphatic carbocycles. The quantitative estimate of drug-likeness (QED) is 0.414. The number of aryl methyl sites for hydroxylation is 1. The number of benzene rings is 1. The molecule has 3 rings (SSSR count). The summed E-state index contributed by atoms with van der Waals surface area (Å²) in [7, 11) is -4.30. The van der Waals surface area contributed by atoms with E-state index in [1.807, 2.05) is 13.8 Å². The zero-order chi connectivity index (χ0) is 31.1. The number of aliphatic hydroxyl groups is 1. The van der Waals surface area contributed by atoms with Crippen LogP contribution < -0.4 is 19.7 Å². The van der Waals surface area contributed by atoms with E-state index < -0.39 is 45.5 Å². The van der Waals surface area contributed by atoms with E-state index in [0.717, 1.165) is 4.31 Å². The molecular formula is C25H34F3N5O7S. The Balaban J connectivity index is 1.99. The van der Waals surface area contributed by atoms with Crippen LogP contribution in [0.1, 0.15) is 53.3 Å². The topological polar surface area (TPSA) is 152 Å². The van der Waals surface area contributed by atoms with E-state index in [0.29, 0.717) is 13.8 Å². The van der Waals surface area contributed by atoms with Crippen molar-refractivity contribution >= 4 is 33.4 Å². The molecular weight excluding hydrogens is 571 g/mol. The van der Waals surface area contributed by atoms with Gasteiger partial charge in [-0.25, -0.2) is 13.2 Å². The van der Waals surface area contributed by atoms with E-state index in [-0.39, 0.29) is 46.8 Å².